The Morgan fingerprint density at radius 1 is 1.31 bits per heavy atom. The third-order valence-electron chi connectivity index (χ3n) is 6.71. The molecule has 0 saturated carbocycles. The first-order valence-electron chi connectivity index (χ1n) is 12.1. The van der Waals surface area contributed by atoms with Gasteiger partial charge in [0.25, 0.3) is 11.5 Å². The molecule has 0 spiro atoms. The molecule has 1 amide bonds. The van der Waals surface area contributed by atoms with Crippen LogP contribution in [0.4, 0.5) is 5.82 Å². The minimum absolute atomic E-state index is 0.132. The smallest absolute Gasteiger partial charge is 0.270 e. The number of piperidine rings is 1. The maximum atomic E-state index is 13.4. The summed E-state index contributed by atoms with van der Waals surface area (Å²) in [6.07, 6.45) is 7.22. The van der Waals surface area contributed by atoms with Gasteiger partial charge in [-0.25, -0.2) is 0 Å². The van der Waals surface area contributed by atoms with E-state index < -0.39 is 0 Å². The lowest BCUT2D eigenvalue weighted by Crippen LogP contribution is -2.39. The first-order chi connectivity index (χ1) is 16.8. The Hall–Kier alpha value is -2.83. The Morgan fingerprint density at radius 2 is 2.06 bits per heavy atom. The van der Waals surface area contributed by atoms with Crippen LogP contribution in [0.2, 0.25) is 0 Å². The molecule has 2 aromatic rings. The molecule has 2 aliphatic rings. The van der Waals surface area contributed by atoms with Crippen LogP contribution >= 0.6 is 24.0 Å². The number of carbonyl (C=O) groups excluding carboxylic acids is 1. The Bertz CT molecular complexity index is 1250. The second kappa shape index (κ2) is 10.8. The van der Waals surface area contributed by atoms with Gasteiger partial charge < -0.3 is 9.32 Å². The van der Waals surface area contributed by atoms with Crippen molar-refractivity contribution in [1.82, 2.24) is 9.47 Å². The lowest BCUT2D eigenvalue weighted by Gasteiger charge is -2.35. The number of thiocarbonyl (C=S) groups is 1. The van der Waals surface area contributed by atoms with Crippen molar-refractivity contribution in [3.8, 4) is 6.07 Å². The van der Waals surface area contributed by atoms with Gasteiger partial charge in [-0.3, -0.25) is 19.1 Å². The number of rotatable bonds is 7. The highest BCUT2D eigenvalue weighted by atomic mass is 32.2. The standard InChI is InChI=1S/C26H30N4O3S2/c1-4-5-10-29-23(28-11-8-17(2)9-12-28)20(18(3)21(15-27)24(29)31)14-22-25(32)30(26(34)35-22)16-19-7-6-13-33-19/h6-7,13-14,17H,4-5,8-12,16H2,1-3H3. The summed E-state index contributed by atoms with van der Waals surface area (Å²) in [5.74, 6) is 1.89. The quantitative estimate of drug-likeness (QED) is 0.380. The average Bonchev–Trinajstić information content (AvgIpc) is 3.45. The maximum Gasteiger partial charge on any atom is 0.270 e. The fourth-order valence-corrected chi connectivity index (χ4v) is 5.79. The molecule has 184 valence electrons. The molecule has 0 aliphatic carbocycles. The molecule has 0 radical (unpaired) electrons. The third-order valence-corrected chi connectivity index (χ3v) is 8.09. The summed E-state index contributed by atoms with van der Waals surface area (Å²) >= 11 is 6.75. The SMILES string of the molecule is CCCCn1c(N2CCC(C)CC2)c(C=C2SC(=S)N(Cc3ccco3)C2=O)c(C)c(C#N)c1=O. The summed E-state index contributed by atoms with van der Waals surface area (Å²) in [4.78, 5) is 31.0. The Labute approximate surface area is 215 Å². The van der Waals surface area contributed by atoms with Gasteiger partial charge >= 0.3 is 0 Å². The largest absolute Gasteiger partial charge is 0.467 e. The maximum absolute atomic E-state index is 13.4. The molecule has 0 bridgehead atoms. The lowest BCUT2D eigenvalue weighted by molar-refractivity contribution is -0.122. The van der Waals surface area contributed by atoms with Gasteiger partial charge in [0.15, 0.2) is 0 Å². The van der Waals surface area contributed by atoms with Crippen molar-refractivity contribution in [2.24, 2.45) is 5.92 Å². The van der Waals surface area contributed by atoms with Crippen molar-refractivity contribution in [1.29, 1.82) is 5.26 Å². The number of nitrogens with zero attached hydrogens (tertiary/aromatic N) is 4. The van der Waals surface area contributed by atoms with E-state index >= 15 is 0 Å². The Morgan fingerprint density at radius 3 is 2.69 bits per heavy atom. The molecule has 35 heavy (non-hydrogen) atoms. The summed E-state index contributed by atoms with van der Waals surface area (Å²) in [5, 5.41) is 9.84. The highest BCUT2D eigenvalue weighted by Crippen LogP contribution is 2.37. The molecule has 0 unspecified atom stereocenters. The summed E-state index contributed by atoms with van der Waals surface area (Å²) in [6, 6.07) is 5.71. The minimum atomic E-state index is -0.255. The molecule has 2 fully saturated rings. The zero-order valence-corrected chi connectivity index (χ0v) is 22.0. The van der Waals surface area contributed by atoms with Crippen LogP contribution < -0.4 is 10.5 Å². The molecule has 0 aromatic carbocycles. The van der Waals surface area contributed by atoms with Gasteiger partial charge in [0.1, 0.15) is 27.5 Å². The molecule has 9 heteroatoms. The van der Waals surface area contributed by atoms with Gasteiger partial charge in [-0.1, -0.05) is 44.2 Å². The number of furan rings is 1. The summed E-state index contributed by atoms with van der Waals surface area (Å²) in [7, 11) is 0. The number of hydrogen-bond donors (Lipinski definition) is 0. The van der Waals surface area contributed by atoms with Gasteiger partial charge in [0.2, 0.25) is 0 Å². The highest BCUT2D eigenvalue weighted by molar-refractivity contribution is 8.26. The van der Waals surface area contributed by atoms with E-state index in [4.69, 9.17) is 16.6 Å². The van der Waals surface area contributed by atoms with Gasteiger partial charge in [0.05, 0.1) is 17.7 Å². The number of aromatic nitrogens is 1. The number of unbranched alkanes of at least 4 members (excludes halogenated alkanes) is 1. The molecule has 0 N–H and O–H groups in total. The molecule has 2 aliphatic heterocycles. The van der Waals surface area contributed by atoms with Crippen molar-refractivity contribution in [3.05, 3.63) is 56.1 Å². The van der Waals surface area contributed by atoms with Crippen LogP contribution in [-0.4, -0.2) is 32.8 Å². The number of amides is 1. The molecular weight excluding hydrogens is 480 g/mol. The number of anilines is 1. The molecule has 2 aromatic heterocycles. The second-order valence-electron chi connectivity index (χ2n) is 9.18. The van der Waals surface area contributed by atoms with E-state index in [1.165, 1.54) is 16.7 Å². The topological polar surface area (TPSA) is 82.5 Å². The van der Waals surface area contributed by atoms with Crippen molar-refractivity contribution in [2.75, 3.05) is 18.0 Å². The van der Waals surface area contributed by atoms with E-state index in [1.54, 1.807) is 23.8 Å². The predicted molar refractivity (Wildman–Crippen MR) is 143 cm³/mol. The lowest BCUT2D eigenvalue weighted by atomic mass is 9.97. The monoisotopic (exact) mass is 510 g/mol. The van der Waals surface area contributed by atoms with Crippen molar-refractivity contribution < 1.29 is 9.21 Å². The van der Waals surface area contributed by atoms with Crippen LogP contribution in [0.15, 0.2) is 32.5 Å². The van der Waals surface area contributed by atoms with Gasteiger partial charge in [0, 0.05) is 25.2 Å². The fourth-order valence-electron chi connectivity index (χ4n) is 4.55. The zero-order valence-electron chi connectivity index (χ0n) is 20.4. The number of carbonyl (C=O) groups is 1. The number of pyridine rings is 1. The molecular formula is C26H30N4O3S2. The van der Waals surface area contributed by atoms with Crippen molar-refractivity contribution >= 4 is 46.1 Å². The summed E-state index contributed by atoms with van der Waals surface area (Å²) in [5.41, 5.74) is 1.24. The predicted octanol–water partition coefficient (Wildman–Crippen LogP) is 5.06. The van der Waals surface area contributed by atoms with Crippen molar-refractivity contribution in [3.63, 3.8) is 0 Å². The van der Waals surface area contributed by atoms with E-state index in [9.17, 15) is 14.9 Å². The van der Waals surface area contributed by atoms with E-state index in [0.29, 0.717) is 33.0 Å². The van der Waals surface area contributed by atoms with Crippen LogP contribution in [-0.2, 0) is 17.9 Å². The first-order valence-corrected chi connectivity index (χ1v) is 13.3. The van der Waals surface area contributed by atoms with Crippen molar-refractivity contribution in [2.45, 2.75) is 59.5 Å². The number of nitriles is 1. The van der Waals surface area contributed by atoms with E-state index in [2.05, 4.69) is 24.8 Å². The molecule has 4 rings (SSSR count). The van der Waals surface area contributed by atoms with Gasteiger partial charge in [-0.05, 0) is 55.9 Å². The highest BCUT2D eigenvalue weighted by Gasteiger charge is 2.34. The average molecular weight is 511 g/mol. The molecule has 2 saturated heterocycles. The first kappa shape index (κ1) is 25.3. The van der Waals surface area contributed by atoms with E-state index in [-0.39, 0.29) is 23.6 Å². The number of thioether (sulfide) groups is 1. The van der Waals surface area contributed by atoms with Crippen LogP contribution in [0.1, 0.15) is 62.0 Å². The molecule has 4 heterocycles. The molecule has 7 nitrogen and oxygen atoms in total. The van der Waals surface area contributed by atoms with Crippen LogP contribution in [0.5, 0.6) is 0 Å². The van der Waals surface area contributed by atoms with E-state index in [1.807, 2.05) is 12.1 Å². The fraction of sp³-hybridized carbons (Fsp3) is 0.462. The second-order valence-corrected chi connectivity index (χ2v) is 10.9. The minimum Gasteiger partial charge on any atom is -0.467 e. The van der Waals surface area contributed by atoms with Crippen LogP contribution in [0.25, 0.3) is 6.08 Å². The molecule has 0 atom stereocenters. The van der Waals surface area contributed by atoms with Gasteiger partial charge in [-0.15, -0.1) is 0 Å². The Balaban J connectivity index is 1.83. The summed E-state index contributed by atoms with van der Waals surface area (Å²) in [6.45, 7) is 8.59. The summed E-state index contributed by atoms with van der Waals surface area (Å²) < 4.78 is 7.62. The number of hydrogen-bond acceptors (Lipinski definition) is 7. The van der Waals surface area contributed by atoms with E-state index in [0.717, 1.165) is 50.2 Å². The van der Waals surface area contributed by atoms with Gasteiger partial charge in [-0.2, -0.15) is 5.26 Å². The Kier molecular flexibility index (Phi) is 7.82. The van der Waals surface area contributed by atoms with Crippen LogP contribution in [0, 0.1) is 24.2 Å². The zero-order chi connectivity index (χ0) is 25.1. The van der Waals surface area contributed by atoms with Crippen LogP contribution in [0.3, 0.4) is 0 Å². The normalized spacial score (nSPS) is 18.1. The third kappa shape index (κ3) is 5.09.